The molecular weight excluding hydrogens is 178 g/mol. The molecule has 0 atom stereocenters. The highest BCUT2D eigenvalue weighted by atomic mass is 16.6. The Morgan fingerprint density at radius 2 is 2.14 bits per heavy atom. The first-order chi connectivity index (χ1) is 6.83. The molecule has 2 aromatic rings. The predicted octanol–water partition coefficient (Wildman–Crippen LogP) is 2.17. The van der Waals surface area contributed by atoms with Crippen LogP contribution in [0.1, 0.15) is 11.3 Å². The van der Waals surface area contributed by atoms with Gasteiger partial charge in [-0.1, -0.05) is 18.2 Å². The van der Waals surface area contributed by atoms with Crippen molar-refractivity contribution in [3.63, 3.8) is 0 Å². The summed E-state index contributed by atoms with van der Waals surface area (Å²) >= 11 is 0. The molecule has 2 N–H and O–H groups in total. The highest BCUT2D eigenvalue weighted by Crippen LogP contribution is 2.24. The zero-order valence-electron chi connectivity index (χ0n) is 8.12. The van der Waals surface area contributed by atoms with Crippen LogP contribution in [-0.4, -0.2) is 6.61 Å². The number of hydrogen-bond acceptors (Lipinski definition) is 3. The van der Waals surface area contributed by atoms with Gasteiger partial charge in [-0.2, -0.15) is 0 Å². The van der Waals surface area contributed by atoms with Gasteiger partial charge in [0.25, 0.3) is 0 Å². The van der Waals surface area contributed by atoms with E-state index in [4.69, 9.17) is 10.3 Å². The van der Waals surface area contributed by atoms with Crippen LogP contribution in [0.4, 0.5) is 0 Å². The Morgan fingerprint density at radius 1 is 1.36 bits per heavy atom. The highest BCUT2D eigenvalue weighted by molar-refractivity contribution is 5.81. The molecule has 0 spiro atoms. The lowest BCUT2D eigenvalue weighted by Gasteiger charge is -1.95. The SMILES string of the molecule is Cc1c(CCON)oc2ccccc12. The maximum absolute atomic E-state index is 5.67. The molecular formula is C11H13NO2. The monoisotopic (exact) mass is 191 g/mol. The number of rotatable bonds is 3. The van der Waals surface area contributed by atoms with E-state index in [1.165, 1.54) is 10.9 Å². The van der Waals surface area contributed by atoms with Gasteiger partial charge in [0.15, 0.2) is 0 Å². The van der Waals surface area contributed by atoms with Gasteiger partial charge in [-0.3, -0.25) is 0 Å². The minimum atomic E-state index is 0.487. The molecule has 0 saturated heterocycles. The standard InChI is InChI=1S/C11H13NO2/c1-8-9-4-2-3-5-11(9)14-10(8)6-7-13-12/h2-5H,6-7,12H2,1H3. The van der Waals surface area contributed by atoms with Crippen molar-refractivity contribution >= 4 is 11.0 Å². The van der Waals surface area contributed by atoms with E-state index in [0.717, 1.165) is 17.8 Å². The number of fused-ring (bicyclic) bond motifs is 1. The molecule has 1 heterocycles. The molecule has 3 nitrogen and oxygen atoms in total. The summed E-state index contributed by atoms with van der Waals surface area (Å²) in [6.07, 6.45) is 0.719. The molecule has 2 rings (SSSR count). The summed E-state index contributed by atoms with van der Waals surface area (Å²) in [6, 6.07) is 8.00. The minimum absolute atomic E-state index is 0.487. The molecule has 1 aromatic heterocycles. The number of hydrogen-bond donors (Lipinski definition) is 1. The Morgan fingerprint density at radius 3 is 2.86 bits per heavy atom. The number of aryl methyl sites for hydroxylation is 1. The Balaban J connectivity index is 2.41. The third-order valence-electron chi connectivity index (χ3n) is 2.39. The van der Waals surface area contributed by atoms with Crippen molar-refractivity contribution in [3.8, 4) is 0 Å². The third-order valence-corrected chi connectivity index (χ3v) is 2.39. The van der Waals surface area contributed by atoms with Crippen molar-refractivity contribution in [1.29, 1.82) is 0 Å². The van der Waals surface area contributed by atoms with Crippen molar-refractivity contribution < 1.29 is 9.25 Å². The van der Waals surface area contributed by atoms with Crippen LogP contribution in [0.25, 0.3) is 11.0 Å². The molecule has 0 amide bonds. The van der Waals surface area contributed by atoms with E-state index in [1.807, 2.05) is 18.2 Å². The summed E-state index contributed by atoms with van der Waals surface area (Å²) in [4.78, 5) is 4.54. The largest absolute Gasteiger partial charge is 0.461 e. The van der Waals surface area contributed by atoms with Crippen LogP contribution in [0.5, 0.6) is 0 Å². The number of nitrogens with two attached hydrogens (primary N) is 1. The van der Waals surface area contributed by atoms with E-state index in [2.05, 4.69) is 17.8 Å². The molecule has 3 heteroatoms. The van der Waals surface area contributed by atoms with E-state index in [0.29, 0.717) is 6.61 Å². The third kappa shape index (κ3) is 1.52. The Kier molecular flexibility index (Phi) is 2.52. The number of para-hydroxylation sites is 1. The summed E-state index contributed by atoms with van der Waals surface area (Å²) in [5.74, 6) is 5.93. The van der Waals surface area contributed by atoms with Gasteiger partial charge in [0, 0.05) is 11.8 Å². The Bertz CT molecular complexity index is 434. The average molecular weight is 191 g/mol. The first kappa shape index (κ1) is 9.24. The van der Waals surface area contributed by atoms with Crippen molar-refractivity contribution in [2.24, 2.45) is 5.90 Å². The fourth-order valence-electron chi connectivity index (χ4n) is 1.62. The van der Waals surface area contributed by atoms with Crippen LogP contribution in [-0.2, 0) is 11.3 Å². The first-order valence-electron chi connectivity index (χ1n) is 4.61. The number of furan rings is 1. The second-order valence-corrected chi connectivity index (χ2v) is 3.27. The molecule has 0 bridgehead atoms. The summed E-state index contributed by atoms with van der Waals surface area (Å²) in [5.41, 5.74) is 2.11. The Hall–Kier alpha value is -1.32. The van der Waals surface area contributed by atoms with Crippen molar-refractivity contribution in [2.75, 3.05) is 6.61 Å². The van der Waals surface area contributed by atoms with Gasteiger partial charge in [-0.15, -0.1) is 0 Å². The maximum Gasteiger partial charge on any atom is 0.134 e. The van der Waals surface area contributed by atoms with E-state index < -0.39 is 0 Å². The summed E-state index contributed by atoms with van der Waals surface area (Å²) < 4.78 is 5.67. The van der Waals surface area contributed by atoms with Gasteiger partial charge < -0.3 is 9.25 Å². The highest BCUT2D eigenvalue weighted by Gasteiger charge is 2.08. The quantitative estimate of drug-likeness (QED) is 0.756. The molecule has 0 radical (unpaired) electrons. The van der Waals surface area contributed by atoms with Gasteiger partial charge in [0.05, 0.1) is 6.61 Å². The van der Waals surface area contributed by atoms with Gasteiger partial charge in [0.2, 0.25) is 0 Å². The lowest BCUT2D eigenvalue weighted by molar-refractivity contribution is 0.137. The van der Waals surface area contributed by atoms with Crippen LogP contribution >= 0.6 is 0 Å². The van der Waals surface area contributed by atoms with Crippen molar-refractivity contribution in [2.45, 2.75) is 13.3 Å². The summed E-state index contributed by atoms with van der Waals surface area (Å²) in [7, 11) is 0. The zero-order valence-corrected chi connectivity index (χ0v) is 8.12. The zero-order chi connectivity index (χ0) is 9.97. The molecule has 0 fully saturated rings. The van der Waals surface area contributed by atoms with E-state index in [9.17, 15) is 0 Å². The normalized spacial score (nSPS) is 11.0. The maximum atomic E-state index is 5.67. The summed E-state index contributed by atoms with van der Waals surface area (Å²) in [6.45, 7) is 2.54. The molecule has 1 aromatic carbocycles. The van der Waals surface area contributed by atoms with Crippen LogP contribution in [0.2, 0.25) is 0 Å². The van der Waals surface area contributed by atoms with E-state index in [-0.39, 0.29) is 0 Å². The topological polar surface area (TPSA) is 48.4 Å². The Labute approximate surface area is 82.4 Å². The fourth-order valence-corrected chi connectivity index (χ4v) is 1.62. The van der Waals surface area contributed by atoms with Crippen LogP contribution < -0.4 is 5.90 Å². The van der Waals surface area contributed by atoms with Crippen LogP contribution in [0, 0.1) is 6.92 Å². The van der Waals surface area contributed by atoms with Crippen molar-refractivity contribution in [1.82, 2.24) is 0 Å². The van der Waals surface area contributed by atoms with Gasteiger partial charge in [-0.25, -0.2) is 5.90 Å². The molecule has 0 saturated carbocycles. The first-order valence-corrected chi connectivity index (χ1v) is 4.61. The van der Waals surface area contributed by atoms with Crippen LogP contribution in [0.15, 0.2) is 28.7 Å². The fraction of sp³-hybridized carbons (Fsp3) is 0.273. The molecule has 0 unspecified atom stereocenters. The molecule has 0 aliphatic carbocycles. The van der Waals surface area contributed by atoms with Crippen LogP contribution in [0.3, 0.4) is 0 Å². The number of benzene rings is 1. The average Bonchev–Trinajstić information content (AvgIpc) is 2.54. The van der Waals surface area contributed by atoms with E-state index >= 15 is 0 Å². The van der Waals surface area contributed by atoms with Gasteiger partial charge in [-0.05, 0) is 18.6 Å². The molecule has 14 heavy (non-hydrogen) atoms. The molecule has 74 valence electrons. The molecule has 0 aliphatic rings. The van der Waals surface area contributed by atoms with Gasteiger partial charge >= 0.3 is 0 Å². The lowest BCUT2D eigenvalue weighted by atomic mass is 10.1. The van der Waals surface area contributed by atoms with E-state index in [1.54, 1.807) is 0 Å². The molecule has 0 aliphatic heterocycles. The second kappa shape index (κ2) is 3.82. The van der Waals surface area contributed by atoms with Crippen molar-refractivity contribution in [3.05, 3.63) is 35.6 Å². The minimum Gasteiger partial charge on any atom is -0.461 e. The predicted molar refractivity (Wildman–Crippen MR) is 54.8 cm³/mol. The van der Waals surface area contributed by atoms with Gasteiger partial charge in [0.1, 0.15) is 11.3 Å². The lowest BCUT2D eigenvalue weighted by Crippen LogP contribution is -2.03. The summed E-state index contributed by atoms with van der Waals surface area (Å²) in [5, 5.41) is 1.17. The smallest absolute Gasteiger partial charge is 0.134 e. The second-order valence-electron chi connectivity index (χ2n) is 3.27.